The SMILES string of the molecule is CCC#CCC(C)(C)C(=O)OC. The van der Waals surface area contributed by atoms with Crippen LogP contribution in [0.15, 0.2) is 0 Å². The molecule has 0 unspecified atom stereocenters. The molecule has 0 aromatic carbocycles. The molecule has 0 aliphatic heterocycles. The molecule has 0 heterocycles. The first-order chi connectivity index (χ1) is 5.54. The number of carbonyl (C=O) groups excluding carboxylic acids is 1. The van der Waals surface area contributed by atoms with Gasteiger partial charge in [-0.25, -0.2) is 0 Å². The molecule has 0 N–H and O–H groups in total. The van der Waals surface area contributed by atoms with Crippen LogP contribution >= 0.6 is 0 Å². The van der Waals surface area contributed by atoms with Crippen LogP contribution in [-0.2, 0) is 9.53 Å². The van der Waals surface area contributed by atoms with Crippen LogP contribution in [0.25, 0.3) is 0 Å². The normalized spacial score (nSPS) is 10.0. The molecule has 0 saturated heterocycles. The largest absolute Gasteiger partial charge is 0.469 e. The van der Waals surface area contributed by atoms with Crippen molar-refractivity contribution < 1.29 is 9.53 Å². The van der Waals surface area contributed by atoms with Crippen molar-refractivity contribution in [2.24, 2.45) is 5.41 Å². The van der Waals surface area contributed by atoms with Gasteiger partial charge in [0, 0.05) is 12.8 Å². The van der Waals surface area contributed by atoms with Crippen LogP contribution < -0.4 is 0 Å². The van der Waals surface area contributed by atoms with Crippen LogP contribution in [0.1, 0.15) is 33.6 Å². The van der Waals surface area contributed by atoms with Gasteiger partial charge in [0.2, 0.25) is 0 Å². The Labute approximate surface area is 74.3 Å². The van der Waals surface area contributed by atoms with E-state index < -0.39 is 5.41 Å². The van der Waals surface area contributed by atoms with Gasteiger partial charge in [0.05, 0.1) is 12.5 Å². The van der Waals surface area contributed by atoms with Gasteiger partial charge in [-0.15, -0.1) is 11.8 Å². The second-order valence-electron chi connectivity index (χ2n) is 3.26. The molecule has 0 atom stereocenters. The molecule has 0 spiro atoms. The average molecular weight is 168 g/mol. The van der Waals surface area contributed by atoms with Gasteiger partial charge >= 0.3 is 5.97 Å². The highest BCUT2D eigenvalue weighted by Gasteiger charge is 2.27. The van der Waals surface area contributed by atoms with Gasteiger partial charge < -0.3 is 4.74 Å². The van der Waals surface area contributed by atoms with Crippen LogP contribution in [0.4, 0.5) is 0 Å². The van der Waals surface area contributed by atoms with Crippen LogP contribution in [0.3, 0.4) is 0 Å². The lowest BCUT2D eigenvalue weighted by molar-refractivity contribution is -0.150. The van der Waals surface area contributed by atoms with Crippen molar-refractivity contribution in [2.45, 2.75) is 33.6 Å². The first kappa shape index (κ1) is 11.0. The summed E-state index contributed by atoms with van der Waals surface area (Å²) in [6.45, 7) is 5.66. The standard InChI is InChI=1S/C10H16O2/c1-5-6-7-8-10(2,3)9(11)12-4/h5,8H2,1-4H3. The van der Waals surface area contributed by atoms with E-state index in [0.29, 0.717) is 6.42 Å². The van der Waals surface area contributed by atoms with Crippen molar-refractivity contribution in [3.63, 3.8) is 0 Å². The number of ether oxygens (including phenoxy) is 1. The fourth-order valence-corrected chi connectivity index (χ4v) is 0.757. The molecule has 0 aromatic heterocycles. The molecule has 0 aliphatic carbocycles. The molecule has 0 amide bonds. The minimum Gasteiger partial charge on any atom is -0.469 e. The molecule has 0 radical (unpaired) electrons. The number of carbonyl (C=O) groups is 1. The second-order valence-corrected chi connectivity index (χ2v) is 3.26. The van der Waals surface area contributed by atoms with E-state index in [0.717, 1.165) is 6.42 Å². The molecule has 0 rings (SSSR count). The number of esters is 1. The maximum absolute atomic E-state index is 11.1. The molecule has 12 heavy (non-hydrogen) atoms. The van der Waals surface area contributed by atoms with E-state index in [2.05, 4.69) is 16.6 Å². The van der Waals surface area contributed by atoms with Crippen molar-refractivity contribution in [3.8, 4) is 11.8 Å². The van der Waals surface area contributed by atoms with E-state index in [9.17, 15) is 4.79 Å². The smallest absolute Gasteiger partial charge is 0.312 e. The van der Waals surface area contributed by atoms with Gasteiger partial charge in [0.1, 0.15) is 0 Å². The van der Waals surface area contributed by atoms with Crippen molar-refractivity contribution in [2.75, 3.05) is 7.11 Å². The third-order valence-corrected chi connectivity index (χ3v) is 1.57. The predicted molar refractivity (Wildman–Crippen MR) is 48.5 cm³/mol. The summed E-state index contributed by atoms with van der Waals surface area (Å²) in [5, 5.41) is 0. The van der Waals surface area contributed by atoms with Crippen LogP contribution in [-0.4, -0.2) is 13.1 Å². The second kappa shape index (κ2) is 4.82. The van der Waals surface area contributed by atoms with Crippen LogP contribution in [0, 0.1) is 17.3 Å². The summed E-state index contributed by atoms with van der Waals surface area (Å²) in [4.78, 5) is 11.1. The van der Waals surface area contributed by atoms with Crippen molar-refractivity contribution in [3.05, 3.63) is 0 Å². The monoisotopic (exact) mass is 168 g/mol. The highest BCUT2D eigenvalue weighted by molar-refractivity contribution is 5.76. The average Bonchev–Trinajstić information content (AvgIpc) is 2.03. The van der Waals surface area contributed by atoms with Gasteiger partial charge in [0.15, 0.2) is 0 Å². The molecule has 2 heteroatoms. The molecular weight excluding hydrogens is 152 g/mol. The van der Waals surface area contributed by atoms with Crippen LogP contribution in [0.2, 0.25) is 0 Å². The molecular formula is C10H16O2. The number of hydrogen-bond acceptors (Lipinski definition) is 2. The first-order valence-corrected chi connectivity index (χ1v) is 4.08. The Kier molecular flexibility index (Phi) is 4.43. The highest BCUT2D eigenvalue weighted by Crippen LogP contribution is 2.20. The molecule has 0 saturated carbocycles. The Bertz CT molecular complexity index is 206. The Morgan fingerprint density at radius 2 is 2.00 bits per heavy atom. The lowest BCUT2D eigenvalue weighted by Crippen LogP contribution is -2.24. The third-order valence-electron chi connectivity index (χ3n) is 1.57. The Hall–Kier alpha value is -0.970. The number of hydrogen-bond donors (Lipinski definition) is 0. The molecule has 68 valence electrons. The fourth-order valence-electron chi connectivity index (χ4n) is 0.757. The minimum absolute atomic E-state index is 0.201. The van der Waals surface area contributed by atoms with Gasteiger partial charge in [-0.2, -0.15) is 0 Å². The lowest BCUT2D eigenvalue weighted by atomic mass is 9.90. The van der Waals surface area contributed by atoms with E-state index >= 15 is 0 Å². The van der Waals surface area contributed by atoms with E-state index in [1.807, 2.05) is 20.8 Å². The molecule has 2 nitrogen and oxygen atoms in total. The minimum atomic E-state index is -0.475. The molecule has 0 aromatic rings. The van der Waals surface area contributed by atoms with Crippen molar-refractivity contribution >= 4 is 5.97 Å². The summed E-state index contributed by atoms with van der Waals surface area (Å²) in [5.41, 5.74) is -0.475. The zero-order valence-corrected chi connectivity index (χ0v) is 8.23. The molecule has 0 aliphatic rings. The predicted octanol–water partition coefficient (Wildman–Crippen LogP) is 1.99. The summed E-state index contributed by atoms with van der Waals surface area (Å²) in [6, 6.07) is 0. The maximum atomic E-state index is 11.1. The molecule has 0 fully saturated rings. The van der Waals surface area contributed by atoms with Gasteiger partial charge in [-0.05, 0) is 13.8 Å². The van der Waals surface area contributed by atoms with Crippen molar-refractivity contribution in [1.29, 1.82) is 0 Å². The van der Waals surface area contributed by atoms with Gasteiger partial charge in [-0.3, -0.25) is 4.79 Å². The van der Waals surface area contributed by atoms with Crippen LogP contribution in [0.5, 0.6) is 0 Å². The highest BCUT2D eigenvalue weighted by atomic mass is 16.5. The lowest BCUT2D eigenvalue weighted by Gasteiger charge is -2.17. The quantitative estimate of drug-likeness (QED) is 0.465. The number of methoxy groups -OCH3 is 1. The fraction of sp³-hybridized carbons (Fsp3) is 0.700. The summed E-state index contributed by atoms with van der Waals surface area (Å²) in [6.07, 6.45) is 1.39. The Morgan fingerprint density at radius 3 is 2.42 bits per heavy atom. The van der Waals surface area contributed by atoms with Gasteiger partial charge in [-0.1, -0.05) is 6.92 Å². The summed E-state index contributed by atoms with van der Waals surface area (Å²) in [7, 11) is 1.40. The van der Waals surface area contributed by atoms with Crippen molar-refractivity contribution in [1.82, 2.24) is 0 Å². The third kappa shape index (κ3) is 3.43. The summed E-state index contributed by atoms with van der Waals surface area (Å²) in [5.74, 6) is 5.66. The maximum Gasteiger partial charge on any atom is 0.312 e. The zero-order chi connectivity index (χ0) is 9.61. The topological polar surface area (TPSA) is 26.3 Å². The van der Waals surface area contributed by atoms with Gasteiger partial charge in [0.25, 0.3) is 0 Å². The Morgan fingerprint density at radius 1 is 1.42 bits per heavy atom. The van der Waals surface area contributed by atoms with E-state index in [-0.39, 0.29) is 5.97 Å². The van der Waals surface area contributed by atoms with E-state index in [1.165, 1.54) is 7.11 Å². The van der Waals surface area contributed by atoms with E-state index in [4.69, 9.17) is 0 Å². The summed E-state index contributed by atoms with van der Waals surface area (Å²) < 4.78 is 4.64. The molecule has 0 bridgehead atoms. The van der Waals surface area contributed by atoms with E-state index in [1.54, 1.807) is 0 Å². The zero-order valence-electron chi connectivity index (χ0n) is 8.23. The Balaban J connectivity index is 4.12. The summed E-state index contributed by atoms with van der Waals surface area (Å²) >= 11 is 0. The first-order valence-electron chi connectivity index (χ1n) is 4.08. The number of rotatable bonds is 2.